The lowest BCUT2D eigenvalue weighted by Gasteiger charge is -2.28. The number of benzene rings is 1. The minimum absolute atomic E-state index is 0.262. The van der Waals surface area contributed by atoms with Crippen molar-refractivity contribution in [3.05, 3.63) is 43.5 Å². The lowest BCUT2D eigenvalue weighted by atomic mass is 9.96. The second kappa shape index (κ2) is 3.99. The van der Waals surface area contributed by atoms with E-state index in [0.29, 0.717) is 0 Å². The Morgan fingerprint density at radius 1 is 1.05 bits per heavy atom. The first kappa shape index (κ1) is 12.0. The Balaban J connectivity index is 2.17. The van der Waals surface area contributed by atoms with Crippen LogP contribution in [0.15, 0.2) is 12.1 Å². The van der Waals surface area contributed by atoms with Crippen molar-refractivity contribution in [1.82, 2.24) is 4.90 Å². The Kier molecular flexibility index (Phi) is 2.53. The maximum Gasteiger partial charge on any atom is 0.346 e. The molecule has 1 aromatic rings. The fourth-order valence-corrected chi connectivity index (χ4v) is 3.38. The molecule has 2 aliphatic rings. The summed E-state index contributed by atoms with van der Waals surface area (Å²) in [5, 5.41) is 21.9. The fourth-order valence-electron chi connectivity index (χ4n) is 3.38. The SMILES string of the molecule is CN1CC2CC(C1)c1cc([N+](=O)[O-])c([N+](=O)[O-])cc12. The molecule has 0 saturated carbocycles. The van der Waals surface area contributed by atoms with E-state index in [1.807, 2.05) is 7.05 Å². The van der Waals surface area contributed by atoms with Crippen molar-refractivity contribution in [3.63, 3.8) is 0 Å². The van der Waals surface area contributed by atoms with E-state index in [-0.39, 0.29) is 23.2 Å². The third-order valence-corrected chi connectivity index (χ3v) is 4.09. The molecule has 19 heavy (non-hydrogen) atoms. The van der Waals surface area contributed by atoms with Crippen LogP contribution in [-0.2, 0) is 0 Å². The van der Waals surface area contributed by atoms with Crippen molar-refractivity contribution in [2.75, 3.05) is 20.1 Å². The summed E-state index contributed by atoms with van der Waals surface area (Å²) in [4.78, 5) is 22.8. The zero-order valence-electron chi connectivity index (χ0n) is 10.4. The predicted molar refractivity (Wildman–Crippen MR) is 67.3 cm³/mol. The van der Waals surface area contributed by atoms with Gasteiger partial charge in [-0.2, -0.15) is 0 Å². The van der Waals surface area contributed by atoms with Crippen molar-refractivity contribution in [1.29, 1.82) is 0 Å². The fraction of sp³-hybridized carbons (Fsp3) is 0.500. The number of nitro groups is 2. The summed E-state index contributed by atoms with van der Waals surface area (Å²) < 4.78 is 0. The molecule has 0 aromatic heterocycles. The monoisotopic (exact) mass is 263 g/mol. The van der Waals surface area contributed by atoms with Gasteiger partial charge in [0.1, 0.15) is 0 Å². The summed E-state index contributed by atoms with van der Waals surface area (Å²) in [6, 6.07) is 2.83. The molecule has 1 heterocycles. The average molecular weight is 263 g/mol. The molecule has 3 rings (SSSR count). The minimum atomic E-state index is -0.662. The zero-order valence-corrected chi connectivity index (χ0v) is 10.4. The average Bonchev–Trinajstić information content (AvgIpc) is 2.59. The smallest absolute Gasteiger partial charge is 0.305 e. The van der Waals surface area contributed by atoms with Crippen LogP contribution in [0, 0.1) is 20.2 Å². The van der Waals surface area contributed by atoms with Crippen LogP contribution in [0.4, 0.5) is 11.4 Å². The molecule has 7 heteroatoms. The summed E-state index contributed by atoms with van der Waals surface area (Å²) in [5.74, 6) is 0.525. The Labute approximate surface area is 109 Å². The lowest BCUT2D eigenvalue weighted by Crippen LogP contribution is -2.31. The van der Waals surface area contributed by atoms with Crippen molar-refractivity contribution in [3.8, 4) is 0 Å². The van der Waals surface area contributed by atoms with Crippen LogP contribution in [0.5, 0.6) is 0 Å². The first-order valence-corrected chi connectivity index (χ1v) is 6.12. The summed E-state index contributed by atoms with van der Waals surface area (Å²) in [6.45, 7) is 1.72. The van der Waals surface area contributed by atoms with E-state index in [0.717, 1.165) is 30.6 Å². The normalized spacial score (nSPS) is 25.1. The number of likely N-dealkylation sites (N-methyl/N-ethyl adjacent to an activating group) is 1. The van der Waals surface area contributed by atoms with Gasteiger partial charge < -0.3 is 4.90 Å². The number of piperidine rings is 1. The van der Waals surface area contributed by atoms with Gasteiger partial charge >= 0.3 is 11.4 Å². The highest BCUT2D eigenvalue weighted by molar-refractivity contribution is 5.60. The van der Waals surface area contributed by atoms with Crippen molar-refractivity contribution >= 4 is 11.4 Å². The van der Waals surface area contributed by atoms with Crippen LogP contribution in [0.25, 0.3) is 0 Å². The maximum atomic E-state index is 11.0. The quantitative estimate of drug-likeness (QED) is 0.601. The number of rotatable bonds is 2. The topological polar surface area (TPSA) is 89.5 Å². The van der Waals surface area contributed by atoms with Crippen molar-refractivity contribution in [2.45, 2.75) is 18.3 Å². The molecule has 100 valence electrons. The molecule has 1 aromatic carbocycles. The Hall–Kier alpha value is -2.02. The van der Waals surface area contributed by atoms with Gasteiger partial charge in [-0.1, -0.05) is 0 Å². The lowest BCUT2D eigenvalue weighted by molar-refractivity contribution is -0.422. The van der Waals surface area contributed by atoms with Gasteiger partial charge in [-0.25, -0.2) is 0 Å². The largest absolute Gasteiger partial charge is 0.346 e. The number of hydrogen-bond donors (Lipinski definition) is 0. The molecule has 2 unspecified atom stereocenters. The minimum Gasteiger partial charge on any atom is -0.305 e. The van der Waals surface area contributed by atoms with Crippen LogP contribution in [0.2, 0.25) is 0 Å². The highest BCUT2D eigenvalue weighted by atomic mass is 16.6. The van der Waals surface area contributed by atoms with E-state index in [1.54, 1.807) is 0 Å². The van der Waals surface area contributed by atoms with Gasteiger partial charge in [-0.05, 0) is 36.4 Å². The predicted octanol–water partition coefficient (Wildman–Crippen LogP) is 2.02. The molecule has 2 bridgehead atoms. The summed E-state index contributed by atoms with van der Waals surface area (Å²) in [7, 11) is 2.01. The first-order chi connectivity index (χ1) is 8.97. The molecule has 0 spiro atoms. The molecule has 7 nitrogen and oxygen atoms in total. The van der Waals surface area contributed by atoms with Crippen LogP contribution in [0.3, 0.4) is 0 Å². The van der Waals surface area contributed by atoms with E-state index >= 15 is 0 Å². The van der Waals surface area contributed by atoms with Gasteiger partial charge in [0.15, 0.2) is 0 Å². The van der Waals surface area contributed by atoms with Crippen LogP contribution in [0.1, 0.15) is 29.4 Å². The summed E-state index contributed by atoms with van der Waals surface area (Å²) >= 11 is 0. The van der Waals surface area contributed by atoms with Gasteiger partial charge in [0, 0.05) is 25.2 Å². The van der Waals surface area contributed by atoms with Gasteiger partial charge in [0.25, 0.3) is 0 Å². The van der Waals surface area contributed by atoms with E-state index in [9.17, 15) is 20.2 Å². The highest BCUT2D eigenvalue weighted by Crippen LogP contribution is 2.48. The molecular weight excluding hydrogens is 250 g/mol. The number of likely N-dealkylation sites (tertiary alicyclic amines) is 1. The van der Waals surface area contributed by atoms with Gasteiger partial charge in [0.2, 0.25) is 0 Å². The molecule has 1 saturated heterocycles. The number of nitro benzene ring substituents is 2. The second-order valence-corrected chi connectivity index (χ2v) is 5.33. The van der Waals surface area contributed by atoms with Crippen LogP contribution in [-0.4, -0.2) is 34.9 Å². The summed E-state index contributed by atoms with van der Waals surface area (Å²) in [5.41, 5.74) is 1.07. The van der Waals surface area contributed by atoms with Crippen molar-refractivity contribution < 1.29 is 9.85 Å². The van der Waals surface area contributed by atoms with Crippen LogP contribution < -0.4 is 0 Å². The van der Waals surface area contributed by atoms with Gasteiger partial charge in [-0.3, -0.25) is 20.2 Å². The third kappa shape index (κ3) is 1.77. The third-order valence-electron chi connectivity index (χ3n) is 4.09. The molecule has 2 atom stereocenters. The molecule has 0 amide bonds. The molecule has 0 N–H and O–H groups in total. The molecular formula is C12H13N3O4. The second-order valence-electron chi connectivity index (χ2n) is 5.33. The standard InChI is InChI=1S/C12H13N3O4/c1-13-5-7-2-8(6-13)10-4-12(15(18)19)11(14(16)17)3-9(7)10/h3-4,7-8H,2,5-6H2,1H3. The maximum absolute atomic E-state index is 11.0. The first-order valence-electron chi connectivity index (χ1n) is 6.12. The molecule has 0 radical (unpaired) electrons. The van der Waals surface area contributed by atoms with Crippen LogP contribution >= 0.6 is 0 Å². The molecule has 1 aliphatic carbocycles. The molecule has 1 fully saturated rings. The van der Waals surface area contributed by atoms with E-state index in [2.05, 4.69) is 4.90 Å². The Morgan fingerprint density at radius 2 is 1.47 bits per heavy atom. The van der Waals surface area contributed by atoms with Gasteiger partial charge in [0.05, 0.1) is 9.85 Å². The molecule has 1 aliphatic heterocycles. The number of fused-ring (bicyclic) bond motifs is 5. The summed E-state index contributed by atoms with van der Waals surface area (Å²) in [6.07, 6.45) is 0.942. The zero-order chi connectivity index (χ0) is 13.7. The van der Waals surface area contributed by atoms with E-state index < -0.39 is 9.85 Å². The van der Waals surface area contributed by atoms with E-state index in [1.165, 1.54) is 12.1 Å². The van der Waals surface area contributed by atoms with E-state index in [4.69, 9.17) is 0 Å². The van der Waals surface area contributed by atoms with Crippen molar-refractivity contribution in [2.24, 2.45) is 0 Å². The number of hydrogen-bond acceptors (Lipinski definition) is 5. The van der Waals surface area contributed by atoms with Gasteiger partial charge in [-0.15, -0.1) is 0 Å². The highest BCUT2D eigenvalue weighted by Gasteiger charge is 2.40. The number of nitrogens with zero attached hydrogens (tertiary/aromatic N) is 3. The Bertz CT molecular complexity index is 538. The Morgan fingerprint density at radius 3 is 1.84 bits per heavy atom.